The summed E-state index contributed by atoms with van der Waals surface area (Å²) in [5, 5.41) is 10.8. The second-order valence-electron chi connectivity index (χ2n) is 6.66. The number of fused-ring (bicyclic) bond motifs is 2. The van der Waals surface area contributed by atoms with Gasteiger partial charge in [0.1, 0.15) is 0 Å². The molecule has 0 aliphatic carbocycles. The second-order valence-corrected chi connectivity index (χ2v) is 6.66. The predicted octanol–water partition coefficient (Wildman–Crippen LogP) is 1.40. The molecular weight excluding hydrogens is 202 g/mol. The van der Waals surface area contributed by atoms with Gasteiger partial charge in [0.05, 0.1) is 18.8 Å². The van der Waals surface area contributed by atoms with E-state index in [-0.39, 0.29) is 5.41 Å². The Morgan fingerprint density at radius 1 is 1.25 bits per heavy atom. The van der Waals surface area contributed by atoms with Crippen LogP contribution in [0.3, 0.4) is 0 Å². The lowest BCUT2D eigenvalue weighted by Crippen LogP contribution is -2.54. The normalized spacial score (nSPS) is 46.7. The van der Waals surface area contributed by atoms with Crippen molar-refractivity contribution < 1.29 is 9.84 Å². The van der Waals surface area contributed by atoms with Crippen LogP contribution >= 0.6 is 0 Å². The van der Waals surface area contributed by atoms with Crippen LogP contribution in [0.15, 0.2) is 0 Å². The monoisotopic (exact) mass is 225 g/mol. The van der Waals surface area contributed by atoms with E-state index < -0.39 is 5.60 Å². The van der Waals surface area contributed by atoms with Gasteiger partial charge < -0.3 is 14.7 Å². The lowest BCUT2D eigenvalue weighted by atomic mass is 9.72. The molecule has 2 bridgehead atoms. The third-order valence-electron chi connectivity index (χ3n) is 4.87. The Labute approximate surface area is 97.8 Å². The van der Waals surface area contributed by atoms with Crippen LogP contribution in [0.25, 0.3) is 0 Å². The van der Waals surface area contributed by atoms with Crippen molar-refractivity contribution in [1.82, 2.24) is 4.90 Å². The summed E-state index contributed by atoms with van der Waals surface area (Å²) >= 11 is 0. The number of ether oxygens (including phenoxy) is 1. The maximum atomic E-state index is 10.8. The molecule has 3 aliphatic rings. The summed E-state index contributed by atoms with van der Waals surface area (Å²) in [5.74, 6) is 0. The zero-order valence-electron chi connectivity index (χ0n) is 10.4. The molecule has 3 aliphatic heterocycles. The Bertz CT molecular complexity index is 274. The molecule has 16 heavy (non-hydrogen) atoms. The van der Waals surface area contributed by atoms with E-state index >= 15 is 0 Å². The van der Waals surface area contributed by atoms with E-state index in [4.69, 9.17) is 4.74 Å². The fraction of sp³-hybridized carbons (Fsp3) is 1.00. The molecule has 0 spiro atoms. The van der Waals surface area contributed by atoms with Gasteiger partial charge in [-0.05, 0) is 39.2 Å². The summed E-state index contributed by atoms with van der Waals surface area (Å²) in [7, 11) is 2.22. The molecule has 3 heteroatoms. The summed E-state index contributed by atoms with van der Waals surface area (Å²) < 4.78 is 5.29. The van der Waals surface area contributed by atoms with E-state index in [1.54, 1.807) is 0 Å². The Kier molecular flexibility index (Phi) is 2.36. The van der Waals surface area contributed by atoms with Gasteiger partial charge >= 0.3 is 0 Å². The van der Waals surface area contributed by atoms with Crippen LogP contribution in [-0.4, -0.2) is 48.0 Å². The topological polar surface area (TPSA) is 32.7 Å². The molecule has 1 N–H and O–H groups in total. The average Bonchev–Trinajstić information content (AvgIpc) is 2.41. The summed E-state index contributed by atoms with van der Waals surface area (Å²) in [6, 6.07) is 1.24. The highest BCUT2D eigenvalue weighted by molar-refractivity contribution is 5.03. The fourth-order valence-corrected chi connectivity index (χ4v) is 4.03. The first-order chi connectivity index (χ1) is 7.50. The number of hydrogen-bond acceptors (Lipinski definition) is 3. The number of piperidine rings is 1. The fourth-order valence-electron chi connectivity index (χ4n) is 4.03. The Hall–Kier alpha value is -0.120. The number of nitrogens with zero attached hydrogens (tertiary/aromatic N) is 1. The minimum atomic E-state index is -0.420. The molecule has 3 fully saturated rings. The van der Waals surface area contributed by atoms with Crippen molar-refractivity contribution in [3.05, 3.63) is 0 Å². The third-order valence-corrected chi connectivity index (χ3v) is 4.87. The summed E-state index contributed by atoms with van der Waals surface area (Å²) in [6.45, 7) is 3.91. The lowest BCUT2D eigenvalue weighted by molar-refractivity contribution is -0.156. The molecule has 0 aromatic heterocycles. The van der Waals surface area contributed by atoms with Crippen molar-refractivity contribution in [2.75, 3.05) is 20.3 Å². The van der Waals surface area contributed by atoms with Gasteiger partial charge in [-0.25, -0.2) is 0 Å². The Morgan fingerprint density at radius 3 is 2.25 bits per heavy atom. The van der Waals surface area contributed by atoms with Crippen LogP contribution in [0.4, 0.5) is 0 Å². The summed E-state index contributed by atoms with van der Waals surface area (Å²) in [4.78, 5) is 2.48. The van der Waals surface area contributed by atoms with Crippen molar-refractivity contribution >= 4 is 0 Å². The van der Waals surface area contributed by atoms with E-state index in [9.17, 15) is 5.11 Å². The molecule has 0 radical (unpaired) electrons. The molecule has 0 saturated carbocycles. The van der Waals surface area contributed by atoms with Crippen LogP contribution in [0, 0.1) is 5.41 Å². The molecule has 92 valence electrons. The van der Waals surface area contributed by atoms with Gasteiger partial charge in [-0.15, -0.1) is 0 Å². The predicted molar refractivity (Wildman–Crippen MR) is 62.3 cm³/mol. The summed E-state index contributed by atoms with van der Waals surface area (Å²) in [6.07, 6.45) is 5.42. The van der Waals surface area contributed by atoms with Gasteiger partial charge in [0, 0.05) is 17.5 Å². The van der Waals surface area contributed by atoms with Crippen LogP contribution < -0.4 is 0 Å². The standard InChI is InChI=1S/C13H23NO2/c1-12(8-16-9-12)7-13(15)5-10-3-4-11(6-13)14(10)2/h10-11,15H,3-9H2,1-2H3. The van der Waals surface area contributed by atoms with E-state index in [1.807, 2.05) is 0 Å². The Balaban J connectivity index is 1.70. The van der Waals surface area contributed by atoms with Gasteiger partial charge in [0.15, 0.2) is 0 Å². The first-order valence-electron chi connectivity index (χ1n) is 6.52. The quantitative estimate of drug-likeness (QED) is 0.771. The largest absolute Gasteiger partial charge is 0.390 e. The first-order valence-corrected chi connectivity index (χ1v) is 6.52. The second kappa shape index (κ2) is 3.44. The molecule has 3 heterocycles. The molecule has 0 aromatic rings. The van der Waals surface area contributed by atoms with Crippen LogP contribution in [0.2, 0.25) is 0 Å². The number of aliphatic hydroxyl groups is 1. The lowest BCUT2D eigenvalue weighted by Gasteiger charge is -2.48. The molecule has 3 rings (SSSR count). The zero-order chi connectivity index (χ0) is 11.4. The molecule has 2 atom stereocenters. The molecule has 0 amide bonds. The van der Waals surface area contributed by atoms with E-state index in [0.29, 0.717) is 12.1 Å². The van der Waals surface area contributed by atoms with Crippen molar-refractivity contribution in [3.8, 4) is 0 Å². The van der Waals surface area contributed by atoms with Gasteiger partial charge in [0.25, 0.3) is 0 Å². The van der Waals surface area contributed by atoms with Crippen molar-refractivity contribution in [1.29, 1.82) is 0 Å². The maximum Gasteiger partial charge on any atom is 0.0684 e. The van der Waals surface area contributed by atoms with E-state index in [0.717, 1.165) is 32.5 Å². The van der Waals surface area contributed by atoms with Crippen LogP contribution in [0.1, 0.15) is 39.0 Å². The van der Waals surface area contributed by atoms with Gasteiger partial charge in [0.2, 0.25) is 0 Å². The molecule has 0 aromatic carbocycles. The third kappa shape index (κ3) is 1.69. The van der Waals surface area contributed by atoms with Crippen LogP contribution in [-0.2, 0) is 4.74 Å². The SMILES string of the molecule is CN1C2CCC1CC(O)(CC1(C)COC1)C2. The first kappa shape index (κ1) is 11.0. The van der Waals surface area contributed by atoms with E-state index in [1.165, 1.54) is 12.8 Å². The van der Waals surface area contributed by atoms with Crippen molar-refractivity contribution in [2.45, 2.75) is 56.7 Å². The molecular formula is C13H23NO2. The summed E-state index contributed by atoms with van der Waals surface area (Å²) in [5.41, 5.74) is -0.180. The maximum absolute atomic E-state index is 10.8. The highest BCUT2D eigenvalue weighted by atomic mass is 16.5. The molecule has 3 saturated heterocycles. The smallest absolute Gasteiger partial charge is 0.0684 e. The highest BCUT2D eigenvalue weighted by Gasteiger charge is 2.50. The number of hydrogen-bond donors (Lipinski definition) is 1. The van der Waals surface area contributed by atoms with Gasteiger partial charge in [-0.1, -0.05) is 6.92 Å². The van der Waals surface area contributed by atoms with Crippen molar-refractivity contribution in [2.24, 2.45) is 5.41 Å². The Morgan fingerprint density at radius 2 is 1.81 bits per heavy atom. The molecule has 3 nitrogen and oxygen atoms in total. The van der Waals surface area contributed by atoms with E-state index in [2.05, 4.69) is 18.9 Å². The molecule has 2 unspecified atom stereocenters. The highest BCUT2D eigenvalue weighted by Crippen LogP contribution is 2.46. The van der Waals surface area contributed by atoms with Gasteiger partial charge in [-0.2, -0.15) is 0 Å². The number of rotatable bonds is 2. The van der Waals surface area contributed by atoms with Gasteiger partial charge in [-0.3, -0.25) is 0 Å². The average molecular weight is 225 g/mol. The minimum Gasteiger partial charge on any atom is -0.390 e. The van der Waals surface area contributed by atoms with Crippen molar-refractivity contribution in [3.63, 3.8) is 0 Å². The van der Waals surface area contributed by atoms with Crippen LogP contribution in [0.5, 0.6) is 0 Å². The zero-order valence-corrected chi connectivity index (χ0v) is 10.4. The minimum absolute atomic E-state index is 0.240.